The van der Waals surface area contributed by atoms with Gasteiger partial charge in [0.05, 0.1) is 35.6 Å². The maximum absolute atomic E-state index is 15.0. The second kappa shape index (κ2) is 8.28. The third-order valence-corrected chi connectivity index (χ3v) is 6.40. The number of rotatable bonds is 3. The second-order valence-corrected chi connectivity index (χ2v) is 8.70. The zero-order valence-electron chi connectivity index (χ0n) is 17.7. The molecule has 2 N–H and O–H groups in total. The zero-order chi connectivity index (χ0) is 24.0. The Morgan fingerprint density at radius 3 is 2.76 bits per heavy atom. The molecule has 2 aromatic carbocycles. The number of ether oxygens (including phenoxy) is 1. The fourth-order valence-corrected chi connectivity index (χ4v) is 4.68. The van der Waals surface area contributed by atoms with E-state index in [1.165, 1.54) is 40.0 Å². The number of hydrogen-bond acceptors (Lipinski definition) is 5. The van der Waals surface area contributed by atoms with Crippen LogP contribution in [0.15, 0.2) is 42.6 Å². The number of nitrogens with zero attached hydrogens (tertiary/aromatic N) is 3. The minimum absolute atomic E-state index is 0.0498. The molecule has 3 aromatic rings. The molecule has 0 unspecified atom stereocenters. The van der Waals surface area contributed by atoms with Crippen LogP contribution in [0.2, 0.25) is 5.02 Å². The summed E-state index contributed by atoms with van der Waals surface area (Å²) in [7, 11) is 0. The molecular weight excluding hydrogens is 470 g/mol. The number of halogens is 3. The van der Waals surface area contributed by atoms with Crippen LogP contribution in [0, 0.1) is 11.6 Å². The number of nitrogens with one attached hydrogen (secondary N) is 1. The molecule has 2 aliphatic heterocycles. The smallest absolute Gasteiger partial charge is 0.412 e. The second-order valence-electron chi connectivity index (χ2n) is 8.29. The van der Waals surface area contributed by atoms with Crippen LogP contribution in [0.25, 0.3) is 0 Å². The fraction of sp³-hybridized carbons (Fsp3) is 0.261. The van der Waals surface area contributed by atoms with Crippen molar-refractivity contribution in [3.63, 3.8) is 0 Å². The molecule has 0 bridgehead atoms. The third kappa shape index (κ3) is 3.73. The molecule has 1 saturated heterocycles. The maximum atomic E-state index is 15.0. The van der Waals surface area contributed by atoms with Gasteiger partial charge in [-0.1, -0.05) is 23.7 Å². The highest BCUT2D eigenvalue weighted by molar-refractivity contribution is 6.31. The Morgan fingerprint density at radius 2 is 2.00 bits per heavy atom. The lowest BCUT2D eigenvalue weighted by molar-refractivity contribution is -0.0419. The van der Waals surface area contributed by atoms with Crippen molar-refractivity contribution in [1.29, 1.82) is 0 Å². The lowest BCUT2D eigenvalue weighted by Crippen LogP contribution is -2.53. The number of carbonyl (C=O) groups excluding carboxylic acids is 2. The standard InChI is InChI=1S/C23H19ClF2N4O4/c24-16-6-7-17-18(19(16)26)23(34-22(33)28-17)8-1-9-29(12-23)20(31)15-10-27-30(21(15)32)11-13-2-4-14(25)5-3-13/h2-7,10,32H,1,8-9,11-12H2,(H,28,33)/t23-/m0/s1. The number of likely N-dealkylation sites (tertiary alicyclic amines) is 1. The molecule has 2 amide bonds. The van der Waals surface area contributed by atoms with E-state index in [1.54, 1.807) is 12.1 Å². The number of fused-ring (bicyclic) bond motifs is 2. The fourth-order valence-electron chi connectivity index (χ4n) is 4.53. The number of benzene rings is 2. The van der Waals surface area contributed by atoms with Gasteiger partial charge in [0.2, 0.25) is 5.88 Å². The Labute approximate surface area is 197 Å². The Morgan fingerprint density at radius 1 is 1.24 bits per heavy atom. The summed E-state index contributed by atoms with van der Waals surface area (Å²) in [6.07, 6.45) is 1.21. The molecule has 1 atom stereocenters. The van der Waals surface area contributed by atoms with Crippen LogP contribution >= 0.6 is 11.6 Å². The van der Waals surface area contributed by atoms with Crippen LogP contribution in [0.1, 0.15) is 34.3 Å². The summed E-state index contributed by atoms with van der Waals surface area (Å²) in [6, 6.07) is 8.52. The summed E-state index contributed by atoms with van der Waals surface area (Å²) in [5.41, 5.74) is -0.455. The number of anilines is 1. The molecule has 176 valence electrons. The molecule has 0 aliphatic carbocycles. The highest BCUT2D eigenvalue weighted by Gasteiger charge is 2.49. The molecule has 1 fully saturated rings. The van der Waals surface area contributed by atoms with Gasteiger partial charge in [-0.25, -0.2) is 18.3 Å². The van der Waals surface area contributed by atoms with Crippen LogP contribution in [0.4, 0.5) is 19.3 Å². The first-order chi connectivity index (χ1) is 16.3. The van der Waals surface area contributed by atoms with Gasteiger partial charge in [-0.3, -0.25) is 10.1 Å². The molecule has 34 heavy (non-hydrogen) atoms. The van der Waals surface area contributed by atoms with E-state index in [4.69, 9.17) is 16.3 Å². The number of piperidine rings is 1. The molecule has 2 aliphatic rings. The van der Waals surface area contributed by atoms with Crippen LogP contribution in [-0.2, 0) is 16.9 Å². The average molecular weight is 489 g/mol. The van der Waals surface area contributed by atoms with Gasteiger partial charge in [0.25, 0.3) is 5.91 Å². The molecular formula is C23H19ClF2N4O4. The molecule has 0 radical (unpaired) electrons. The normalized spacial score (nSPS) is 19.5. The highest BCUT2D eigenvalue weighted by Crippen LogP contribution is 2.45. The van der Waals surface area contributed by atoms with Gasteiger partial charge in [-0.15, -0.1) is 0 Å². The number of aromatic nitrogens is 2. The van der Waals surface area contributed by atoms with Gasteiger partial charge in [0.15, 0.2) is 11.4 Å². The summed E-state index contributed by atoms with van der Waals surface area (Å²) in [5.74, 6) is -2.00. The maximum Gasteiger partial charge on any atom is 0.412 e. The quantitative estimate of drug-likeness (QED) is 0.574. The molecule has 8 nitrogen and oxygen atoms in total. The molecule has 1 spiro atoms. The van der Waals surface area contributed by atoms with Gasteiger partial charge in [0.1, 0.15) is 11.4 Å². The van der Waals surface area contributed by atoms with Crippen LogP contribution in [0.5, 0.6) is 5.88 Å². The van der Waals surface area contributed by atoms with Crippen molar-refractivity contribution in [3.05, 3.63) is 75.9 Å². The Bertz CT molecular complexity index is 1300. The summed E-state index contributed by atoms with van der Waals surface area (Å²) in [6.45, 7) is 0.321. The number of aromatic hydroxyl groups is 1. The predicted octanol–water partition coefficient (Wildman–Crippen LogP) is 4.26. The number of hydrogen-bond donors (Lipinski definition) is 2. The van der Waals surface area contributed by atoms with Crippen LogP contribution in [-0.4, -0.2) is 44.9 Å². The molecule has 1 aromatic heterocycles. The lowest BCUT2D eigenvalue weighted by Gasteiger charge is -2.45. The van der Waals surface area contributed by atoms with Crippen molar-refractivity contribution in [2.24, 2.45) is 0 Å². The number of carbonyl (C=O) groups is 2. The van der Waals surface area contributed by atoms with E-state index in [9.17, 15) is 19.1 Å². The minimum atomic E-state index is -1.42. The van der Waals surface area contributed by atoms with Gasteiger partial charge in [0, 0.05) is 6.54 Å². The minimum Gasteiger partial charge on any atom is -0.493 e. The van der Waals surface area contributed by atoms with E-state index in [0.717, 1.165) is 0 Å². The van der Waals surface area contributed by atoms with Crippen molar-refractivity contribution >= 4 is 29.3 Å². The first kappa shape index (κ1) is 22.1. The topological polar surface area (TPSA) is 96.7 Å². The predicted molar refractivity (Wildman–Crippen MR) is 118 cm³/mol. The van der Waals surface area contributed by atoms with Crippen LogP contribution in [0.3, 0.4) is 0 Å². The van der Waals surface area contributed by atoms with Crippen molar-refractivity contribution in [1.82, 2.24) is 14.7 Å². The van der Waals surface area contributed by atoms with E-state index in [-0.39, 0.29) is 46.6 Å². The van der Waals surface area contributed by atoms with Crippen molar-refractivity contribution < 1.29 is 28.2 Å². The van der Waals surface area contributed by atoms with E-state index in [2.05, 4.69) is 10.4 Å². The largest absolute Gasteiger partial charge is 0.493 e. The first-order valence-electron chi connectivity index (χ1n) is 10.5. The molecule has 11 heteroatoms. The lowest BCUT2D eigenvalue weighted by atomic mass is 9.83. The first-order valence-corrected chi connectivity index (χ1v) is 10.9. The highest BCUT2D eigenvalue weighted by atomic mass is 35.5. The molecule has 3 heterocycles. The van der Waals surface area contributed by atoms with Crippen LogP contribution < -0.4 is 5.32 Å². The van der Waals surface area contributed by atoms with Gasteiger partial charge in [-0.05, 0) is 42.7 Å². The Kier molecular flexibility index (Phi) is 5.40. The number of amides is 2. The Balaban J connectivity index is 1.43. The van der Waals surface area contributed by atoms with Gasteiger partial charge >= 0.3 is 6.09 Å². The van der Waals surface area contributed by atoms with Crippen molar-refractivity contribution in [2.75, 3.05) is 18.4 Å². The summed E-state index contributed by atoms with van der Waals surface area (Å²) >= 11 is 5.99. The Hall–Kier alpha value is -3.66. The van der Waals surface area contributed by atoms with E-state index in [0.29, 0.717) is 24.9 Å². The van der Waals surface area contributed by atoms with Gasteiger partial charge in [-0.2, -0.15) is 5.10 Å². The van der Waals surface area contributed by atoms with Crippen molar-refractivity contribution in [3.8, 4) is 5.88 Å². The molecule has 5 rings (SSSR count). The van der Waals surface area contributed by atoms with E-state index >= 15 is 4.39 Å². The molecule has 0 saturated carbocycles. The van der Waals surface area contributed by atoms with Crippen molar-refractivity contribution in [2.45, 2.75) is 25.0 Å². The SMILES string of the molecule is O=C1Nc2ccc(Cl)c(F)c2[C@@]2(CCCN(C(=O)c3cnn(Cc4ccc(F)cc4)c3O)C2)O1. The van der Waals surface area contributed by atoms with E-state index in [1.807, 2.05) is 0 Å². The average Bonchev–Trinajstić information content (AvgIpc) is 3.17. The van der Waals surface area contributed by atoms with Gasteiger partial charge < -0.3 is 14.7 Å². The zero-order valence-corrected chi connectivity index (χ0v) is 18.5. The summed E-state index contributed by atoms with van der Waals surface area (Å²) < 4.78 is 35.0. The summed E-state index contributed by atoms with van der Waals surface area (Å²) in [4.78, 5) is 26.9. The third-order valence-electron chi connectivity index (χ3n) is 6.11. The summed E-state index contributed by atoms with van der Waals surface area (Å²) in [5, 5.41) is 17.1. The monoisotopic (exact) mass is 488 g/mol. The van der Waals surface area contributed by atoms with E-state index < -0.39 is 23.4 Å².